The summed E-state index contributed by atoms with van der Waals surface area (Å²) in [4.78, 5) is 24.3. The lowest BCUT2D eigenvalue weighted by molar-refractivity contribution is -0.116. The lowest BCUT2D eigenvalue weighted by Gasteiger charge is -2.25. The Labute approximate surface area is 193 Å². The zero-order chi connectivity index (χ0) is 24.0. The van der Waals surface area contributed by atoms with E-state index in [9.17, 15) is 18.0 Å². The van der Waals surface area contributed by atoms with E-state index in [-0.39, 0.29) is 25.5 Å². The average Bonchev–Trinajstić information content (AvgIpc) is 2.77. The summed E-state index contributed by atoms with van der Waals surface area (Å²) in [5.74, 6) is 0.394. The number of nitrogens with zero attached hydrogens (tertiary/aromatic N) is 1. The van der Waals surface area contributed by atoms with Crippen LogP contribution < -0.4 is 19.1 Å². The number of sulfonamides is 1. The van der Waals surface area contributed by atoms with Gasteiger partial charge >= 0.3 is 5.97 Å². The molecule has 1 aliphatic heterocycles. The van der Waals surface area contributed by atoms with Gasteiger partial charge in [-0.25, -0.2) is 13.2 Å². The van der Waals surface area contributed by atoms with Crippen LogP contribution in [0.25, 0.3) is 0 Å². The quantitative estimate of drug-likeness (QED) is 0.554. The molecule has 33 heavy (non-hydrogen) atoms. The SMILES string of the molecule is CCOC(=O)c1ccc(NC(=O)CCCN(c2ccc3c(c2)OCCO3)S(C)(=O)=O)c(C)c1. The van der Waals surface area contributed by atoms with E-state index < -0.39 is 16.0 Å². The van der Waals surface area contributed by atoms with Crippen molar-refractivity contribution in [3.05, 3.63) is 47.5 Å². The molecule has 2 aromatic rings. The van der Waals surface area contributed by atoms with Crippen LogP contribution in [-0.4, -0.2) is 52.9 Å². The number of hydrogen-bond donors (Lipinski definition) is 1. The summed E-state index contributed by atoms with van der Waals surface area (Å²) in [7, 11) is -3.56. The van der Waals surface area contributed by atoms with Gasteiger partial charge in [0.25, 0.3) is 0 Å². The van der Waals surface area contributed by atoms with Gasteiger partial charge in [-0.2, -0.15) is 0 Å². The summed E-state index contributed by atoms with van der Waals surface area (Å²) < 4.78 is 42.0. The number of aryl methyl sites for hydroxylation is 1. The van der Waals surface area contributed by atoms with Gasteiger partial charge in [0.05, 0.1) is 24.1 Å². The molecule has 0 bridgehead atoms. The molecule has 1 amide bonds. The van der Waals surface area contributed by atoms with Crippen LogP contribution in [0.5, 0.6) is 11.5 Å². The van der Waals surface area contributed by atoms with Crippen LogP contribution in [0.1, 0.15) is 35.7 Å². The maximum Gasteiger partial charge on any atom is 0.338 e. The molecule has 9 nitrogen and oxygen atoms in total. The monoisotopic (exact) mass is 476 g/mol. The van der Waals surface area contributed by atoms with E-state index in [1.807, 2.05) is 0 Å². The van der Waals surface area contributed by atoms with Crippen molar-refractivity contribution < 1.29 is 32.2 Å². The summed E-state index contributed by atoms with van der Waals surface area (Å²) in [6, 6.07) is 9.86. The van der Waals surface area contributed by atoms with Crippen LogP contribution in [0, 0.1) is 6.92 Å². The number of benzene rings is 2. The zero-order valence-corrected chi connectivity index (χ0v) is 19.7. The molecule has 1 heterocycles. The molecule has 0 aromatic heterocycles. The third kappa shape index (κ3) is 6.38. The summed E-state index contributed by atoms with van der Waals surface area (Å²) >= 11 is 0. The van der Waals surface area contributed by atoms with Gasteiger partial charge in [0.1, 0.15) is 13.2 Å². The minimum atomic E-state index is -3.56. The zero-order valence-electron chi connectivity index (χ0n) is 18.9. The van der Waals surface area contributed by atoms with Crippen molar-refractivity contribution in [2.75, 3.05) is 42.2 Å². The van der Waals surface area contributed by atoms with Crippen LogP contribution in [0.4, 0.5) is 11.4 Å². The Bertz CT molecular complexity index is 1130. The first-order valence-electron chi connectivity index (χ1n) is 10.6. The van der Waals surface area contributed by atoms with E-state index in [0.29, 0.717) is 48.1 Å². The highest BCUT2D eigenvalue weighted by atomic mass is 32.2. The minimum Gasteiger partial charge on any atom is -0.486 e. The predicted molar refractivity (Wildman–Crippen MR) is 125 cm³/mol. The first kappa shape index (κ1) is 24.4. The van der Waals surface area contributed by atoms with Crippen molar-refractivity contribution >= 4 is 33.3 Å². The fraction of sp³-hybridized carbons (Fsp3) is 0.391. The van der Waals surface area contributed by atoms with Gasteiger partial charge in [-0.1, -0.05) is 0 Å². The molecule has 0 unspecified atom stereocenters. The van der Waals surface area contributed by atoms with Crippen molar-refractivity contribution in [3.8, 4) is 11.5 Å². The Kier molecular flexibility index (Phi) is 7.80. The largest absolute Gasteiger partial charge is 0.486 e. The standard InChI is InChI=1S/C23H28N2O7S/c1-4-30-23(27)17-7-9-19(16(2)14-17)24-22(26)6-5-11-25(33(3,28)29)18-8-10-20-21(15-18)32-13-12-31-20/h7-10,14-15H,4-6,11-13H2,1-3H3,(H,24,26). The molecule has 1 N–H and O–H groups in total. The fourth-order valence-corrected chi connectivity index (χ4v) is 4.37. The van der Waals surface area contributed by atoms with Gasteiger partial charge in [-0.15, -0.1) is 0 Å². The van der Waals surface area contributed by atoms with E-state index in [2.05, 4.69) is 5.32 Å². The Hall–Kier alpha value is -3.27. The highest BCUT2D eigenvalue weighted by Gasteiger charge is 2.21. The summed E-state index contributed by atoms with van der Waals surface area (Å²) in [6.45, 7) is 4.78. The Balaban J connectivity index is 1.60. The van der Waals surface area contributed by atoms with Gasteiger partial charge < -0.3 is 19.5 Å². The van der Waals surface area contributed by atoms with Gasteiger partial charge in [0, 0.05) is 24.7 Å². The number of carbonyl (C=O) groups is 2. The molecule has 0 saturated carbocycles. The molecular weight excluding hydrogens is 448 g/mol. The highest BCUT2D eigenvalue weighted by Crippen LogP contribution is 2.34. The fourth-order valence-electron chi connectivity index (χ4n) is 3.41. The molecule has 0 atom stereocenters. The van der Waals surface area contributed by atoms with Crippen LogP contribution in [0.3, 0.4) is 0 Å². The first-order valence-corrected chi connectivity index (χ1v) is 12.5. The third-order valence-corrected chi connectivity index (χ3v) is 6.18. The second kappa shape index (κ2) is 10.6. The van der Waals surface area contributed by atoms with E-state index in [1.54, 1.807) is 50.2 Å². The molecule has 3 rings (SSSR count). The minimum absolute atomic E-state index is 0.121. The molecular formula is C23H28N2O7S. The van der Waals surface area contributed by atoms with E-state index in [4.69, 9.17) is 14.2 Å². The van der Waals surface area contributed by atoms with Crippen molar-refractivity contribution in [2.45, 2.75) is 26.7 Å². The number of carbonyl (C=O) groups excluding carboxylic acids is 2. The molecule has 2 aromatic carbocycles. The molecule has 0 fully saturated rings. The van der Waals surface area contributed by atoms with Crippen molar-refractivity contribution in [1.82, 2.24) is 0 Å². The molecule has 0 radical (unpaired) electrons. The summed E-state index contributed by atoms with van der Waals surface area (Å²) in [6.07, 6.45) is 1.56. The smallest absolute Gasteiger partial charge is 0.338 e. The maximum absolute atomic E-state index is 12.4. The Morgan fingerprint density at radius 2 is 1.82 bits per heavy atom. The predicted octanol–water partition coefficient (Wildman–Crippen LogP) is 3.13. The Morgan fingerprint density at radius 1 is 1.09 bits per heavy atom. The number of esters is 1. The lowest BCUT2D eigenvalue weighted by Crippen LogP contribution is -2.31. The molecule has 1 aliphatic rings. The van der Waals surface area contributed by atoms with Crippen LogP contribution in [-0.2, 0) is 19.6 Å². The summed E-state index contributed by atoms with van der Waals surface area (Å²) in [5.41, 5.74) is 2.17. The highest BCUT2D eigenvalue weighted by molar-refractivity contribution is 7.92. The van der Waals surface area contributed by atoms with Crippen molar-refractivity contribution in [3.63, 3.8) is 0 Å². The number of fused-ring (bicyclic) bond motifs is 1. The molecule has 178 valence electrons. The second-order valence-electron chi connectivity index (χ2n) is 7.56. The average molecular weight is 477 g/mol. The number of ether oxygens (including phenoxy) is 3. The van der Waals surface area contributed by atoms with Crippen LogP contribution >= 0.6 is 0 Å². The number of rotatable bonds is 9. The molecule has 10 heteroatoms. The van der Waals surface area contributed by atoms with Gasteiger partial charge in [-0.05, 0) is 56.2 Å². The number of nitrogens with one attached hydrogen (secondary N) is 1. The van der Waals surface area contributed by atoms with Crippen LogP contribution in [0.15, 0.2) is 36.4 Å². The second-order valence-corrected chi connectivity index (χ2v) is 9.47. The first-order chi connectivity index (χ1) is 15.7. The molecule has 0 saturated heterocycles. The number of amides is 1. The lowest BCUT2D eigenvalue weighted by atomic mass is 10.1. The van der Waals surface area contributed by atoms with Gasteiger partial charge in [0.15, 0.2) is 11.5 Å². The normalized spacial score (nSPS) is 12.7. The van der Waals surface area contributed by atoms with Gasteiger partial charge in [0.2, 0.25) is 15.9 Å². The Morgan fingerprint density at radius 3 is 2.48 bits per heavy atom. The number of anilines is 2. The topological polar surface area (TPSA) is 111 Å². The number of hydrogen-bond acceptors (Lipinski definition) is 7. The summed E-state index contributed by atoms with van der Waals surface area (Å²) in [5, 5.41) is 2.81. The van der Waals surface area contributed by atoms with Crippen molar-refractivity contribution in [2.24, 2.45) is 0 Å². The van der Waals surface area contributed by atoms with E-state index in [1.165, 1.54) is 4.31 Å². The third-order valence-electron chi connectivity index (χ3n) is 4.99. The molecule has 0 aliphatic carbocycles. The maximum atomic E-state index is 12.4. The van der Waals surface area contributed by atoms with Crippen molar-refractivity contribution in [1.29, 1.82) is 0 Å². The van der Waals surface area contributed by atoms with E-state index in [0.717, 1.165) is 11.8 Å². The van der Waals surface area contributed by atoms with E-state index >= 15 is 0 Å². The van der Waals surface area contributed by atoms with Crippen LogP contribution in [0.2, 0.25) is 0 Å². The molecule has 0 spiro atoms. The van der Waals surface area contributed by atoms with Gasteiger partial charge in [-0.3, -0.25) is 9.10 Å².